The van der Waals surface area contributed by atoms with E-state index in [9.17, 15) is 9.59 Å². The predicted octanol–water partition coefficient (Wildman–Crippen LogP) is 5.07. The van der Waals surface area contributed by atoms with Gasteiger partial charge in [0.2, 0.25) is 5.91 Å². The van der Waals surface area contributed by atoms with Crippen LogP contribution in [0.25, 0.3) is 6.08 Å². The Morgan fingerprint density at radius 2 is 1.91 bits per heavy atom. The molecule has 1 aromatic heterocycles. The topological polar surface area (TPSA) is 93.4 Å². The first kappa shape index (κ1) is 23.5. The highest BCUT2D eigenvalue weighted by Crippen LogP contribution is 2.36. The summed E-state index contributed by atoms with van der Waals surface area (Å²) in [5, 5.41) is 3.49. The summed E-state index contributed by atoms with van der Waals surface area (Å²) < 4.78 is 15.8. The molecule has 10 heteroatoms. The maximum atomic E-state index is 13.1. The minimum absolute atomic E-state index is 0.00369. The third-order valence-corrected chi connectivity index (χ3v) is 5.98. The highest BCUT2D eigenvalue weighted by atomic mass is 35.5. The number of furan rings is 1. The van der Waals surface area contributed by atoms with Gasteiger partial charge in [0.1, 0.15) is 23.0 Å². The van der Waals surface area contributed by atoms with Crippen molar-refractivity contribution in [2.45, 2.75) is 0 Å². The lowest BCUT2D eigenvalue weighted by Gasteiger charge is -2.17. The number of ether oxygens (including phenoxy) is 2. The number of hydrogen-bond donors (Lipinski definition) is 1. The zero-order chi connectivity index (χ0) is 24.1. The van der Waals surface area contributed by atoms with Crippen molar-refractivity contribution in [1.82, 2.24) is 0 Å². The minimum Gasteiger partial charge on any atom is -0.495 e. The SMILES string of the molecule is COc1cc(OC)c(NC(=O)CSC2=N/C(=C\c3ccco3)C(=O)N2c2ccccc2)cc1Cl. The summed E-state index contributed by atoms with van der Waals surface area (Å²) in [6, 6.07) is 15.7. The second-order valence-corrected chi connectivity index (χ2v) is 8.29. The minimum atomic E-state index is -0.323. The number of aliphatic imine (C=N–C) groups is 1. The molecule has 1 N–H and O–H groups in total. The van der Waals surface area contributed by atoms with Crippen molar-refractivity contribution in [2.24, 2.45) is 4.99 Å². The van der Waals surface area contributed by atoms with Gasteiger partial charge in [0.25, 0.3) is 5.91 Å². The van der Waals surface area contributed by atoms with Crippen LogP contribution in [0, 0.1) is 0 Å². The van der Waals surface area contributed by atoms with Gasteiger partial charge in [-0.25, -0.2) is 4.99 Å². The lowest BCUT2D eigenvalue weighted by Crippen LogP contribution is -2.31. The van der Waals surface area contributed by atoms with Gasteiger partial charge in [0.15, 0.2) is 5.17 Å². The average Bonchev–Trinajstić information content (AvgIpc) is 3.46. The van der Waals surface area contributed by atoms with Crippen LogP contribution in [0.2, 0.25) is 5.02 Å². The molecular formula is C24H20ClN3O5S. The lowest BCUT2D eigenvalue weighted by molar-refractivity contribution is -0.114. The number of hydrogen-bond acceptors (Lipinski definition) is 7. The molecule has 0 atom stereocenters. The molecule has 0 radical (unpaired) electrons. The van der Waals surface area contributed by atoms with Crippen LogP contribution in [0.5, 0.6) is 11.5 Å². The van der Waals surface area contributed by atoms with Gasteiger partial charge in [0, 0.05) is 12.1 Å². The normalized spacial score (nSPS) is 14.3. The Bertz CT molecular complexity index is 1260. The second-order valence-electron chi connectivity index (χ2n) is 6.94. The summed E-state index contributed by atoms with van der Waals surface area (Å²) in [7, 11) is 2.98. The number of methoxy groups -OCH3 is 2. The molecule has 174 valence electrons. The smallest absolute Gasteiger partial charge is 0.283 e. The lowest BCUT2D eigenvalue weighted by atomic mass is 10.2. The van der Waals surface area contributed by atoms with Crippen molar-refractivity contribution in [3.05, 3.63) is 77.3 Å². The molecule has 2 aromatic carbocycles. The fraction of sp³-hybridized carbons (Fsp3) is 0.125. The first-order valence-corrected chi connectivity index (χ1v) is 11.4. The fourth-order valence-electron chi connectivity index (χ4n) is 3.18. The molecule has 34 heavy (non-hydrogen) atoms. The third kappa shape index (κ3) is 5.11. The van der Waals surface area contributed by atoms with Crippen molar-refractivity contribution in [3.8, 4) is 11.5 Å². The zero-order valence-electron chi connectivity index (χ0n) is 18.3. The molecule has 0 unspecified atom stereocenters. The van der Waals surface area contributed by atoms with Gasteiger partial charge in [-0.15, -0.1) is 0 Å². The van der Waals surface area contributed by atoms with E-state index in [1.54, 1.807) is 42.5 Å². The van der Waals surface area contributed by atoms with Crippen LogP contribution in [0.4, 0.5) is 11.4 Å². The third-order valence-electron chi connectivity index (χ3n) is 4.75. The van der Waals surface area contributed by atoms with E-state index in [0.29, 0.717) is 38.8 Å². The number of anilines is 2. The van der Waals surface area contributed by atoms with Gasteiger partial charge in [-0.1, -0.05) is 41.6 Å². The van der Waals surface area contributed by atoms with Crippen LogP contribution in [0.1, 0.15) is 5.76 Å². The Balaban J connectivity index is 1.53. The van der Waals surface area contributed by atoms with E-state index < -0.39 is 0 Å². The molecular weight excluding hydrogens is 478 g/mol. The fourth-order valence-corrected chi connectivity index (χ4v) is 4.23. The molecule has 2 heterocycles. The van der Waals surface area contributed by atoms with E-state index in [2.05, 4.69) is 10.3 Å². The number of amides is 2. The number of nitrogens with one attached hydrogen (secondary N) is 1. The number of halogens is 1. The number of carbonyl (C=O) groups is 2. The van der Waals surface area contributed by atoms with Gasteiger partial charge >= 0.3 is 0 Å². The zero-order valence-corrected chi connectivity index (χ0v) is 19.9. The molecule has 0 fully saturated rings. The molecule has 2 amide bonds. The van der Waals surface area contributed by atoms with Crippen LogP contribution in [-0.4, -0.2) is 37.0 Å². The molecule has 4 rings (SSSR count). The molecule has 0 saturated heterocycles. The van der Waals surface area contributed by atoms with Crippen LogP contribution < -0.4 is 19.7 Å². The van der Waals surface area contributed by atoms with Crippen molar-refractivity contribution in [3.63, 3.8) is 0 Å². The molecule has 1 aliphatic rings. The van der Waals surface area contributed by atoms with Crippen molar-refractivity contribution in [2.75, 3.05) is 30.2 Å². The Morgan fingerprint density at radius 1 is 1.15 bits per heavy atom. The first-order valence-electron chi connectivity index (χ1n) is 10.1. The molecule has 0 saturated carbocycles. The molecule has 0 spiro atoms. The van der Waals surface area contributed by atoms with E-state index in [1.165, 1.54) is 25.4 Å². The molecule has 3 aromatic rings. The van der Waals surface area contributed by atoms with Crippen molar-refractivity contribution >= 4 is 57.8 Å². The summed E-state index contributed by atoms with van der Waals surface area (Å²) in [6.45, 7) is 0. The van der Waals surface area contributed by atoms with Crippen LogP contribution in [0.3, 0.4) is 0 Å². The number of carbonyl (C=O) groups excluding carboxylic acids is 2. The largest absolute Gasteiger partial charge is 0.495 e. The Labute approximate surface area is 205 Å². The Hall–Kier alpha value is -3.69. The summed E-state index contributed by atoms with van der Waals surface area (Å²) in [6.07, 6.45) is 3.08. The Morgan fingerprint density at radius 3 is 2.59 bits per heavy atom. The van der Waals surface area contributed by atoms with Crippen molar-refractivity contribution < 1.29 is 23.5 Å². The molecule has 1 aliphatic heterocycles. The number of nitrogens with zero attached hydrogens (tertiary/aromatic N) is 2. The number of thioether (sulfide) groups is 1. The quantitative estimate of drug-likeness (QED) is 0.458. The number of para-hydroxylation sites is 1. The van der Waals surface area contributed by atoms with E-state index in [1.807, 2.05) is 18.2 Å². The van der Waals surface area contributed by atoms with E-state index >= 15 is 0 Å². The summed E-state index contributed by atoms with van der Waals surface area (Å²) in [5.74, 6) is 0.704. The molecule has 8 nitrogen and oxygen atoms in total. The maximum Gasteiger partial charge on any atom is 0.283 e. The van der Waals surface area contributed by atoms with Crippen LogP contribution in [0.15, 0.2) is 76.0 Å². The number of benzene rings is 2. The molecule has 0 aliphatic carbocycles. The molecule has 0 bridgehead atoms. The number of rotatable bonds is 7. The van der Waals surface area contributed by atoms with E-state index in [-0.39, 0.29) is 23.3 Å². The van der Waals surface area contributed by atoms with Crippen LogP contribution >= 0.6 is 23.4 Å². The van der Waals surface area contributed by atoms with Gasteiger partial charge < -0.3 is 19.2 Å². The standard InChI is InChI=1S/C24H20ClN3O5S/c1-31-20-13-21(32-2)18(12-17(20)25)26-22(29)14-34-24-27-19(11-16-9-6-10-33-16)23(30)28(24)15-7-4-3-5-8-15/h3-13H,14H2,1-2H3,(H,26,29)/b19-11-. The van der Waals surface area contributed by atoms with Crippen molar-refractivity contribution in [1.29, 1.82) is 0 Å². The average molecular weight is 498 g/mol. The predicted molar refractivity (Wildman–Crippen MR) is 134 cm³/mol. The summed E-state index contributed by atoms with van der Waals surface area (Å²) in [4.78, 5) is 31.8. The summed E-state index contributed by atoms with van der Waals surface area (Å²) in [5.41, 5.74) is 1.26. The van der Waals surface area contributed by atoms with E-state index in [0.717, 1.165) is 11.8 Å². The van der Waals surface area contributed by atoms with Crippen LogP contribution in [-0.2, 0) is 9.59 Å². The highest BCUT2D eigenvalue weighted by Gasteiger charge is 2.32. The Kier molecular flexibility index (Phi) is 7.24. The summed E-state index contributed by atoms with van der Waals surface area (Å²) >= 11 is 7.32. The monoisotopic (exact) mass is 497 g/mol. The van der Waals surface area contributed by atoms with Gasteiger partial charge in [-0.2, -0.15) is 0 Å². The van der Waals surface area contributed by atoms with Gasteiger partial charge in [-0.05, 0) is 30.3 Å². The van der Waals surface area contributed by atoms with Gasteiger partial charge in [0.05, 0.1) is 42.6 Å². The number of amidine groups is 1. The van der Waals surface area contributed by atoms with E-state index in [4.69, 9.17) is 25.5 Å². The van der Waals surface area contributed by atoms with Gasteiger partial charge in [-0.3, -0.25) is 14.5 Å². The first-order chi connectivity index (χ1) is 16.5. The maximum absolute atomic E-state index is 13.1. The highest BCUT2D eigenvalue weighted by molar-refractivity contribution is 8.14. The second kappa shape index (κ2) is 10.5.